The Labute approximate surface area is 128 Å². The largest absolute Gasteiger partial charge is 0.292 e. The molecule has 0 aliphatic heterocycles. The zero-order chi connectivity index (χ0) is 15.1. The maximum atomic E-state index is 12.5. The lowest BCUT2D eigenvalue weighted by molar-refractivity contribution is 0.901. The van der Waals surface area contributed by atoms with E-state index in [1.54, 1.807) is 36.5 Å². The second-order valence-electron chi connectivity index (χ2n) is 4.64. The van der Waals surface area contributed by atoms with Crippen molar-refractivity contribution in [3.8, 4) is 0 Å². The summed E-state index contributed by atoms with van der Waals surface area (Å²) in [6.07, 6.45) is 4.54. The quantitative estimate of drug-likeness (QED) is 0.612. The van der Waals surface area contributed by atoms with Gasteiger partial charge in [-0.25, -0.2) is 9.66 Å². The van der Waals surface area contributed by atoms with Gasteiger partial charge < -0.3 is 0 Å². The molecular weight excluding hydrogens is 304 g/mol. The SMILES string of the molecule is O=c1c2cnc3ncnn3c2ccn1Nc1ccc(Cl)cc1. The van der Waals surface area contributed by atoms with E-state index >= 15 is 0 Å². The molecule has 8 heteroatoms. The van der Waals surface area contributed by atoms with E-state index in [-0.39, 0.29) is 5.56 Å². The van der Waals surface area contributed by atoms with Crippen molar-refractivity contribution in [3.63, 3.8) is 0 Å². The van der Waals surface area contributed by atoms with Crippen molar-refractivity contribution in [2.24, 2.45) is 0 Å². The zero-order valence-corrected chi connectivity index (χ0v) is 11.9. The van der Waals surface area contributed by atoms with Gasteiger partial charge in [-0.05, 0) is 30.3 Å². The van der Waals surface area contributed by atoms with Crippen LogP contribution in [0.5, 0.6) is 0 Å². The van der Waals surface area contributed by atoms with Gasteiger partial charge in [-0.2, -0.15) is 14.6 Å². The number of pyridine rings is 1. The smallest absolute Gasteiger partial charge is 0.280 e. The summed E-state index contributed by atoms with van der Waals surface area (Å²) in [7, 11) is 0. The van der Waals surface area contributed by atoms with Crippen molar-refractivity contribution >= 4 is 34.0 Å². The molecule has 108 valence electrons. The Kier molecular flexibility index (Phi) is 2.80. The summed E-state index contributed by atoms with van der Waals surface area (Å²) in [5, 5.41) is 5.15. The highest BCUT2D eigenvalue weighted by Crippen LogP contribution is 2.14. The molecule has 3 aromatic heterocycles. The third kappa shape index (κ3) is 1.99. The van der Waals surface area contributed by atoms with Gasteiger partial charge in [0.05, 0.1) is 16.6 Å². The summed E-state index contributed by atoms with van der Waals surface area (Å²) in [6, 6.07) is 8.85. The molecule has 0 saturated heterocycles. The molecule has 0 fully saturated rings. The van der Waals surface area contributed by atoms with E-state index in [0.717, 1.165) is 5.69 Å². The fourth-order valence-corrected chi connectivity index (χ4v) is 2.34. The van der Waals surface area contributed by atoms with E-state index in [4.69, 9.17) is 11.6 Å². The minimum absolute atomic E-state index is 0.225. The monoisotopic (exact) mass is 312 g/mol. The number of anilines is 1. The minimum atomic E-state index is -0.225. The predicted molar refractivity (Wildman–Crippen MR) is 83.0 cm³/mol. The van der Waals surface area contributed by atoms with Gasteiger partial charge in [-0.15, -0.1) is 0 Å². The molecule has 1 N–H and O–H groups in total. The van der Waals surface area contributed by atoms with Crippen LogP contribution in [-0.2, 0) is 0 Å². The van der Waals surface area contributed by atoms with Crippen molar-refractivity contribution in [3.05, 3.63) is 64.4 Å². The van der Waals surface area contributed by atoms with E-state index in [1.807, 2.05) is 0 Å². The predicted octanol–water partition coefficient (Wildman–Crippen LogP) is 1.97. The summed E-state index contributed by atoms with van der Waals surface area (Å²) in [5.41, 5.74) is 4.19. The first-order valence-corrected chi connectivity index (χ1v) is 6.83. The number of nitrogens with one attached hydrogen (secondary N) is 1. The molecule has 22 heavy (non-hydrogen) atoms. The van der Waals surface area contributed by atoms with Crippen LogP contribution in [0.15, 0.2) is 53.8 Å². The van der Waals surface area contributed by atoms with Crippen LogP contribution >= 0.6 is 11.6 Å². The summed E-state index contributed by atoms with van der Waals surface area (Å²) in [5.74, 6) is 0.454. The Bertz CT molecular complexity index is 1040. The fraction of sp³-hybridized carbons (Fsp3) is 0. The van der Waals surface area contributed by atoms with Crippen LogP contribution in [0.4, 0.5) is 5.69 Å². The summed E-state index contributed by atoms with van der Waals surface area (Å²) < 4.78 is 2.92. The fourth-order valence-electron chi connectivity index (χ4n) is 2.22. The normalized spacial score (nSPS) is 11.1. The zero-order valence-electron chi connectivity index (χ0n) is 11.1. The van der Waals surface area contributed by atoms with Crippen LogP contribution in [-0.4, -0.2) is 24.3 Å². The standard InChI is InChI=1S/C14H9ClN6O/c15-9-1-3-10(4-2-9)19-20-6-5-12-11(13(20)22)7-16-14-17-8-18-21(12)14/h1-8,19H. The van der Waals surface area contributed by atoms with Crippen LogP contribution in [0.3, 0.4) is 0 Å². The van der Waals surface area contributed by atoms with E-state index in [9.17, 15) is 4.79 Å². The first-order chi connectivity index (χ1) is 10.7. The second kappa shape index (κ2) is 4.81. The van der Waals surface area contributed by atoms with E-state index < -0.39 is 0 Å². The van der Waals surface area contributed by atoms with Gasteiger partial charge in [-0.1, -0.05) is 11.6 Å². The average Bonchev–Trinajstić information content (AvgIpc) is 3.01. The molecule has 4 rings (SSSR count). The molecule has 0 amide bonds. The highest BCUT2D eigenvalue weighted by Gasteiger charge is 2.08. The number of hydrogen-bond donors (Lipinski definition) is 1. The number of fused-ring (bicyclic) bond motifs is 3. The summed E-state index contributed by atoms with van der Waals surface area (Å²) >= 11 is 5.85. The molecule has 0 spiro atoms. The van der Waals surface area contributed by atoms with Gasteiger partial charge in [-0.3, -0.25) is 10.2 Å². The topological polar surface area (TPSA) is 77.1 Å². The van der Waals surface area contributed by atoms with Gasteiger partial charge in [0.2, 0.25) is 0 Å². The average molecular weight is 313 g/mol. The maximum absolute atomic E-state index is 12.5. The van der Waals surface area contributed by atoms with Crippen molar-refractivity contribution in [2.45, 2.75) is 0 Å². The van der Waals surface area contributed by atoms with E-state index in [0.29, 0.717) is 21.7 Å². The first kappa shape index (κ1) is 12.8. The van der Waals surface area contributed by atoms with Gasteiger partial charge in [0.1, 0.15) is 6.33 Å². The van der Waals surface area contributed by atoms with Crippen LogP contribution in [0.1, 0.15) is 0 Å². The van der Waals surface area contributed by atoms with Crippen molar-refractivity contribution < 1.29 is 0 Å². The van der Waals surface area contributed by atoms with Crippen LogP contribution in [0.25, 0.3) is 16.7 Å². The van der Waals surface area contributed by atoms with Crippen LogP contribution < -0.4 is 11.0 Å². The van der Waals surface area contributed by atoms with E-state index in [1.165, 1.54) is 21.7 Å². The first-order valence-electron chi connectivity index (χ1n) is 6.45. The second-order valence-corrected chi connectivity index (χ2v) is 5.07. The highest BCUT2D eigenvalue weighted by atomic mass is 35.5. The van der Waals surface area contributed by atoms with Gasteiger partial charge in [0.25, 0.3) is 11.3 Å². The number of nitrogens with zero attached hydrogens (tertiary/aromatic N) is 5. The Morgan fingerprint density at radius 3 is 2.73 bits per heavy atom. The molecule has 4 aromatic rings. The molecule has 0 bridgehead atoms. The van der Waals surface area contributed by atoms with E-state index in [2.05, 4.69) is 20.5 Å². The third-order valence-corrected chi connectivity index (χ3v) is 3.52. The van der Waals surface area contributed by atoms with Crippen LogP contribution in [0, 0.1) is 0 Å². The third-order valence-electron chi connectivity index (χ3n) is 3.27. The lowest BCUT2D eigenvalue weighted by atomic mass is 10.3. The number of halogens is 1. The van der Waals surface area contributed by atoms with Gasteiger partial charge >= 0.3 is 0 Å². The number of aromatic nitrogens is 5. The molecule has 0 aliphatic carbocycles. The molecule has 0 atom stereocenters. The molecule has 7 nitrogen and oxygen atoms in total. The highest BCUT2D eigenvalue weighted by molar-refractivity contribution is 6.30. The molecule has 0 aliphatic rings. The lowest BCUT2D eigenvalue weighted by Crippen LogP contribution is -2.26. The van der Waals surface area contributed by atoms with Crippen LogP contribution in [0.2, 0.25) is 5.02 Å². The number of rotatable bonds is 2. The van der Waals surface area contributed by atoms with Crippen molar-refractivity contribution in [1.82, 2.24) is 24.3 Å². The Morgan fingerprint density at radius 1 is 1.09 bits per heavy atom. The summed E-state index contributed by atoms with van der Waals surface area (Å²) in [4.78, 5) is 20.7. The Hall–Kier alpha value is -2.93. The maximum Gasteiger partial charge on any atom is 0.280 e. The Morgan fingerprint density at radius 2 is 1.91 bits per heavy atom. The molecule has 1 aromatic carbocycles. The molecule has 0 radical (unpaired) electrons. The number of hydrogen-bond acceptors (Lipinski definition) is 5. The number of benzene rings is 1. The van der Waals surface area contributed by atoms with Gasteiger partial charge in [0.15, 0.2) is 0 Å². The molecule has 0 saturated carbocycles. The lowest BCUT2D eigenvalue weighted by Gasteiger charge is -2.10. The minimum Gasteiger partial charge on any atom is -0.292 e. The van der Waals surface area contributed by atoms with Gasteiger partial charge in [0, 0.05) is 17.4 Å². The van der Waals surface area contributed by atoms with Crippen molar-refractivity contribution in [1.29, 1.82) is 0 Å². The molecule has 0 unspecified atom stereocenters. The Balaban J connectivity index is 1.85. The molecular formula is C14H9ClN6O. The van der Waals surface area contributed by atoms with Crippen molar-refractivity contribution in [2.75, 3.05) is 5.43 Å². The summed E-state index contributed by atoms with van der Waals surface area (Å²) in [6.45, 7) is 0. The molecule has 3 heterocycles.